The molecule has 0 N–H and O–H groups in total. The van der Waals surface area contributed by atoms with Gasteiger partial charge in [0.2, 0.25) is 8.32 Å². The third-order valence-corrected chi connectivity index (χ3v) is 12.4. The van der Waals surface area contributed by atoms with Crippen LogP contribution in [0.5, 0.6) is 0 Å². The molecule has 0 amide bonds. The number of benzene rings is 1. The summed E-state index contributed by atoms with van der Waals surface area (Å²) in [6, 6.07) is 7.82. The molecule has 0 aromatic heterocycles. The fourth-order valence-electron chi connectivity index (χ4n) is 4.28. The Balaban J connectivity index is 2.87. The number of carbonyl (C=O) groups excluding carboxylic acids is 1. The lowest BCUT2D eigenvalue weighted by atomic mass is 9.98. The molecule has 0 aliphatic heterocycles. The summed E-state index contributed by atoms with van der Waals surface area (Å²) in [5.41, 5.74) is 3.54. The molecule has 0 radical (unpaired) electrons. The Bertz CT molecular complexity index is 644. The van der Waals surface area contributed by atoms with Crippen LogP contribution in [0.15, 0.2) is 33.9 Å². The number of nitrogens with zero attached hydrogens (tertiary/aromatic N) is 1. The lowest BCUT2D eigenvalue weighted by molar-refractivity contribution is 0.0953. The first-order chi connectivity index (χ1) is 12.9. The van der Waals surface area contributed by atoms with Crippen molar-refractivity contribution >= 4 is 42.4 Å². The first-order valence-electron chi connectivity index (χ1n) is 10.2. The number of hydrogen-bond acceptors (Lipinski definition) is 3. The average molecular weight is 516 g/mol. The Hall–Kier alpha value is -0.663. The molecular formula is C23H38INO2Si. The molecule has 1 atom stereocenters. The Morgan fingerprint density at radius 1 is 1.00 bits per heavy atom. The third-order valence-electron chi connectivity index (χ3n) is 5.68. The number of hydrogen-bond donors (Lipinski definition) is 0. The van der Waals surface area contributed by atoms with Crippen molar-refractivity contribution in [3.63, 3.8) is 0 Å². The van der Waals surface area contributed by atoms with E-state index in [0.717, 1.165) is 14.8 Å². The van der Waals surface area contributed by atoms with Gasteiger partial charge in [-0.3, -0.25) is 4.79 Å². The Kier molecular flexibility index (Phi) is 9.90. The van der Waals surface area contributed by atoms with Crippen LogP contribution in [0.3, 0.4) is 0 Å². The lowest BCUT2D eigenvalue weighted by Crippen LogP contribution is -2.48. The summed E-state index contributed by atoms with van der Waals surface area (Å²) in [6.45, 7) is 16.4. The van der Waals surface area contributed by atoms with Crippen LogP contribution in [0.4, 0.5) is 5.69 Å². The molecule has 1 aromatic rings. The molecule has 0 aliphatic rings. The van der Waals surface area contributed by atoms with Gasteiger partial charge >= 0.3 is 0 Å². The van der Waals surface area contributed by atoms with Crippen LogP contribution in [0, 0.1) is 5.92 Å². The standard InChI is InChI=1S/C23H38INO2Si/c1-16(2)28(17(3)4,18(5)6)27-15-21(24)14-19(7)23(26)20-10-12-22(13-11-20)25(8)9/h10-14,16-19H,15H2,1-9H3/b21-14-. The summed E-state index contributed by atoms with van der Waals surface area (Å²) in [7, 11) is 2.11. The molecule has 5 heteroatoms. The fourth-order valence-corrected chi connectivity index (χ4v) is 10.7. The van der Waals surface area contributed by atoms with Crippen LogP contribution < -0.4 is 4.90 Å². The highest BCUT2D eigenvalue weighted by atomic mass is 127. The minimum atomic E-state index is -1.88. The van der Waals surface area contributed by atoms with Crippen molar-refractivity contribution in [2.24, 2.45) is 5.92 Å². The molecule has 158 valence electrons. The van der Waals surface area contributed by atoms with Gasteiger partial charge in [0.1, 0.15) is 0 Å². The van der Waals surface area contributed by atoms with E-state index < -0.39 is 8.32 Å². The summed E-state index contributed by atoms with van der Waals surface area (Å²) < 4.78 is 7.76. The Morgan fingerprint density at radius 3 is 1.86 bits per heavy atom. The number of carbonyl (C=O) groups is 1. The van der Waals surface area contributed by atoms with Gasteiger partial charge in [0.25, 0.3) is 0 Å². The highest BCUT2D eigenvalue weighted by molar-refractivity contribution is 14.1. The summed E-state index contributed by atoms with van der Waals surface area (Å²) in [5.74, 6) is -0.00604. The molecular weight excluding hydrogens is 477 g/mol. The van der Waals surface area contributed by atoms with E-state index in [1.165, 1.54) is 0 Å². The summed E-state index contributed by atoms with van der Waals surface area (Å²) in [6.07, 6.45) is 2.06. The molecule has 1 aromatic carbocycles. The van der Waals surface area contributed by atoms with E-state index in [-0.39, 0.29) is 11.7 Å². The van der Waals surface area contributed by atoms with E-state index in [2.05, 4.69) is 70.2 Å². The van der Waals surface area contributed by atoms with E-state index in [1.54, 1.807) is 0 Å². The van der Waals surface area contributed by atoms with Crippen molar-refractivity contribution in [1.82, 2.24) is 0 Å². The van der Waals surface area contributed by atoms with Crippen LogP contribution in [0.2, 0.25) is 16.6 Å². The molecule has 0 fully saturated rings. The minimum absolute atomic E-state index is 0.152. The number of anilines is 1. The summed E-state index contributed by atoms with van der Waals surface area (Å²) in [4.78, 5) is 14.8. The second kappa shape index (κ2) is 10.9. The quantitative estimate of drug-likeness (QED) is 0.189. The number of allylic oxidation sites excluding steroid dienone is 1. The van der Waals surface area contributed by atoms with E-state index in [4.69, 9.17) is 4.43 Å². The Morgan fingerprint density at radius 2 is 1.46 bits per heavy atom. The maximum Gasteiger partial charge on any atom is 0.200 e. The maximum atomic E-state index is 12.8. The van der Waals surface area contributed by atoms with Crippen LogP contribution in [0.25, 0.3) is 0 Å². The highest BCUT2D eigenvalue weighted by Gasteiger charge is 2.45. The molecule has 0 aliphatic carbocycles. The number of ketones is 1. The summed E-state index contributed by atoms with van der Waals surface area (Å²) in [5, 5.41) is 0. The number of halogens is 1. The topological polar surface area (TPSA) is 29.5 Å². The first-order valence-corrected chi connectivity index (χ1v) is 13.5. The second-order valence-corrected chi connectivity index (χ2v) is 15.7. The van der Waals surface area contributed by atoms with E-state index in [0.29, 0.717) is 23.2 Å². The van der Waals surface area contributed by atoms with Crippen LogP contribution in [-0.4, -0.2) is 34.8 Å². The van der Waals surface area contributed by atoms with Gasteiger partial charge in [-0.05, 0) is 63.5 Å². The van der Waals surface area contributed by atoms with Crippen molar-refractivity contribution in [2.45, 2.75) is 65.1 Å². The van der Waals surface area contributed by atoms with Crippen LogP contribution in [-0.2, 0) is 4.43 Å². The van der Waals surface area contributed by atoms with E-state index in [1.807, 2.05) is 50.2 Å². The van der Waals surface area contributed by atoms with Gasteiger partial charge in [0, 0.05) is 34.8 Å². The molecule has 0 saturated heterocycles. The number of rotatable bonds is 10. The van der Waals surface area contributed by atoms with Gasteiger partial charge in [-0.15, -0.1) is 0 Å². The van der Waals surface area contributed by atoms with E-state index in [9.17, 15) is 4.79 Å². The van der Waals surface area contributed by atoms with Crippen LogP contribution >= 0.6 is 22.6 Å². The predicted molar refractivity (Wildman–Crippen MR) is 133 cm³/mol. The van der Waals surface area contributed by atoms with Gasteiger partial charge in [-0.2, -0.15) is 0 Å². The summed E-state index contributed by atoms with van der Waals surface area (Å²) >= 11 is 2.33. The SMILES string of the molecule is CC(/C=C(\I)CO[Si](C(C)C)(C(C)C)C(C)C)C(=O)c1ccc(N(C)C)cc1. The van der Waals surface area contributed by atoms with Crippen molar-refractivity contribution < 1.29 is 9.22 Å². The minimum Gasteiger partial charge on any atom is -0.411 e. The van der Waals surface area contributed by atoms with E-state index >= 15 is 0 Å². The average Bonchev–Trinajstić information content (AvgIpc) is 2.60. The molecule has 1 unspecified atom stereocenters. The monoisotopic (exact) mass is 515 g/mol. The van der Waals surface area contributed by atoms with Crippen LogP contribution in [0.1, 0.15) is 58.8 Å². The molecule has 0 heterocycles. The first kappa shape index (κ1) is 25.4. The van der Waals surface area contributed by atoms with Gasteiger partial charge in [0.15, 0.2) is 5.78 Å². The smallest absolute Gasteiger partial charge is 0.200 e. The molecule has 0 saturated carbocycles. The van der Waals surface area contributed by atoms with Crippen molar-refractivity contribution in [2.75, 3.05) is 25.6 Å². The highest BCUT2D eigenvalue weighted by Crippen LogP contribution is 2.42. The van der Waals surface area contributed by atoms with Crippen molar-refractivity contribution in [3.8, 4) is 0 Å². The number of Topliss-reactive ketones (excluding diaryl/α,β-unsaturated/α-hetero) is 1. The van der Waals surface area contributed by atoms with Gasteiger partial charge < -0.3 is 9.33 Å². The molecule has 1 rings (SSSR count). The van der Waals surface area contributed by atoms with Crippen molar-refractivity contribution in [3.05, 3.63) is 39.5 Å². The van der Waals surface area contributed by atoms with Gasteiger partial charge in [0.05, 0.1) is 6.61 Å². The fraction of sp³-hybridized carbons (Fsp3) is 0.609. The third kappa shape index (κ3) is 6.17. The van der Waals surface area contributed by atoms with Crippen molar-refractivity contribution in [1.29, 1.82) is 0 Å². The zero-order valence-corrected chi connectivity index (χ0v) is 22.2. The molecule has 28 heavy (non-hydrogen) atoms. The molecule has 0 spiro atoms. The molecule has 0 bridgehead atoms. The van der Waals surface area contributed by atoms with Gasteiger partial charge in [-0.1, -0.05) is 54.5 Å². The zero-order valence-electron chi connectivity index (χ0n) is 19.0. The molecule has 3 nitrogen and oxygen atoms in total. The second-order valence-electron chi connectivity index (χ2n) is 8.81. The van der Waals surface area contributed by atoms with Gasteiger partial charge in [-0.25, -0.2) is 0 Å². The zero-order chi connectivity index (χ0) is 21.6. The maximum absolute atomic E-state index is 12.8. The largest absolute Gasteiger partial charge is 0.411 e. The predicted octanol–water partition coefficient (Wildman–Crippen LogP) is 7.08. The lowest BCUT2D eigenvalue weighted by Gasteiger charge is -2.42. The normalized spacial score (nSPS) is 14.1. The Labute approximate surface area is 187 Å².